The Labute approximate surface area is 166 Å². The van der Waals surface area contributed by atoms with Gasteiger partial charge in [0, 0.05) is 30.4 Å². The van der Waals surface area contributed by atoms with Crippen LogP contribution in [0.1, 0.15) is 39.2 Å². The molecule has 1 saturated heterocycles. The number of hydrogen-bond donors (Lipinski definition) is 1. The van der Waals surface area contributed by atoms with Crippen LogP contribution < -0.4 is 4.72 Å². The molecule has 1 amide bonds. The van der Waals surface area contributed by atoms with Gasteiger partial charge in [-0.15, -0.1) is 4.72 Å². The highest BCUT2D eigenvalue weighted by molar-refractivity contribution is 7.90. The molecule has 0 bridgehead atoms. The molecule has 158 valence electrons. The Balaban J connectivity index is 2.01. The third kappa shape index (κ3) is 6.56. The Morgan fingerprint density at radius 1 is 1.32 bits per heavy atom. The van der Waals surface area contributed by atoms with E-state index >= 15 is 0 Å². The molecule has 1 N–H and O–H groups in total. The van der Waals surface area contributed by atoms with Crippen molar-refractivity contribution in [3.8, 4) is 0 Å². The Hall–Kier alpha value is -1.45. The molecule has 0 spiro atoms. The van der Waals surface area contributed by atoms with Crippen molar-refractivity contribution in [3.63, 3.8) is 0 Å². The second-order valence-electron chi connectivity index (χ2n) is 7.91. The summed E-state index contributed by atoms with van der Waals surface area (Å²) in [6.45, 7) is 5.14. The lowest BCUT2D eigenvalue weighted by atomic mass is 9.91. The van der Waals surface area contributed by atoms with Gasteiger partial charge >= 0.3 is 12.3 Å². The molecule has 1 aliphatic heterocycles. The first-order valence-corrected chi connectivity index (χ1v) is 10.3. The first-order valence-electron chi connectivity index (χ1n) is 9.19. The minimum absolute atomic E-state index is 0.0653. The van der Waals surface area contributed by atoms with Crippen LogP contribution in [0.25, 0.3) is 0 Å². The number of carbonyl (C=O) groups is 1. The molecule has 0 saturated carbocycles. The fraction of sp³-hybridized carbons (Fsp3) is 0.632. The van der Waals surface area contributed by atoms with Crippen LogP contribution in [0.15, 0.2) is 30.3 Å². The maximum absolute atomic E-state index is 13.6. The summed E-state index contributed by atoms with van der Waals surface area (Å²) in [6.07, 6.45) is -4.48. The van der Waals surface area contributed by atoms with E-state index in [0.717, 1.165) is 5.56 Å². The molecule has 0 aromatic heterocycles. The van der Waals surface area contributed by atoms with E-state index in [1.807, 2.05) is 18.2 Å². The molecule has 1 aliphatic rings. The van der Waals surface area contributed by atoms with Crippen LogP contribution >= 0.6 is 0 Å². The summed E-state index contributed by atoms with van der Waals surface area (Å²) in [5.41, 5.74) is 0.805. The quantitative estimate of drug-likeness (QED) is 0.731. The fourth-order valence-electron chi connectivity index (χ4n) is 2.98. The van der Waals surface area contributed by atoms with Gasteiger partial charge in [0.15, 0.2) is 6.04 Å². The fourth-order valence-corrected chi connectivity index (χ4v) is 3.89. The number of nitrogens with one attached hydrogen (secondary N) is 1. The van der Waals surface area contributed by atoms with E-state index in [1.54, 1.807) is 32.9 Å². The van der Waals surface area contributed by atoms with Crippen LogP contribution in [0.2, 0.25) is 0 Å². The molecule has 1 unspecified atom stereocenters. The van der Waals surface area contributed by atoms with Crippen LogP contribution in [0.4, 0.5) is 18.0 Å². The van der Waals surface area contributed by atoms with Crippen molar-refractivity contribution in [3.05, 3.63) is 35.9 Å². The van der Waals surface area contributed by atoms with E-state index in [0.29, 0.717) is 19.4 Å². The highest BCUT2D eigenvalue weighted by Crippen LogP contribution is 2.33. The molecular formula is C19H27F3N2O3S. The first kappa shape index (κ1) is 22.8. The van der Waals surface area contributed by atoms with E-state index in [-0.39, 0.29) is 13.2 Å². The SMILES string of the molecule is CC(C)(C)[S@@+]([O-])N[C@@H](C1CCCN(C(=O)OCc2ccccc2)C1)C(F)(F)F. The summed E-state index contributed by atoms with van der Waals surface area (Å²) in [5, 5.41) is 0. The van der Waals surface area contributed by atoms with Crippen LogP contribution in [0.3, 0.4) is 0 Å². The van der Waals surface area contributed by atoms with Crippen molar-refractivity contribution in [2.45, 2.75) is 57.2 Å². The van der Waals surface area contributed by atoms with Gasteiger partial charge in [-0.05, 0) is 39.2 Å². The number of halogens is 3. The third-order valence-electron chi connectivity index (χ3n) is 4.54. The smallest absolute Gasteiger partial charge is 0.410 e. The number of carbonyl (C=O) groups excluding carboxylic acids is 1. The maximum Gasteiger partial charge on any atom is 0.410 e. The van der Waals surface area contributed by atoms with Gasteiger partial charge in [-0.1, -0.05) is 30.3 Å². The second-order valence-corrected chi connectivity index (χ2v) is 9.90. The molecule has 1 aromatic rings. The summed E-state index contributed by atoms with van der Waals surface area (Å²) in [6, 6.07) is 7.13. The van der Waals surface area contributed by atoms with E-state index in [2.05, 4.69) is 4.72 Å². The van der Waals surface area contributed by atoms with Gasteiger partial charge in [0.2, 0.25) is 0 Å². The predicted octanol–water partition coefficient (Wildman–Crippen LogP) is 4.02. The number of ether oxygens (including phenoxy) is 1. The molecule has 1 heterocycles. The molecule has 5 nitrogen and oxygen atoms in total. The number of piperidine rings is 1. The van der Waals surface area contributed by atoms with Crippen molar-refractivity contribution in [2.75, 3.05) is 13.1 Å². The van der Waals surface area contributed by atoms with Crippen LogP contribution in [0.5, 0.6) is 0 Å². The monoisotopic (exact) mass is 420 g/mol. The number of alkyl halides is 3. The molecule has 0 radical (unpaired) electrons. The zero-order chi connectivity index (χ0) is 20.9. The van der Waals surface area contributed by atoms with Gasteiger partial charge < -0.3 is 14.2 Å². The average Bonchev–Trinajstić information content (AvgIpc) is 2.63. The third-order valence-corrected chi connectivity index (χ3v) is 6.12. The van der Waals surface area contributed by atoms with Gasteiger partial charge in [-0.3, -0.25) is 0 Å². The molecular weight excluding hydrogens is 393 g/mol. The van der Waals surface area contributed by atoms with Crippen LogP contribution in [-0.4, -0.2) is 45.6 Å². The van der Waals surface area contributed by atoms with E-state index in [4.69, 9.17) is 4.74 Å². The number of hydrogen-bond acceptors (Lipinski definition) is 4. The van der Waals surface area contributed by atoms with Crippen molar-refractivity contribution in [1.82, 2.24) is 9.62 Å². The topological polar surface area (TPSA) is 64.6 Å². The Kier molecular flexibility index (Phi) is 7.64. The minimum Gasteiger partial charge on any atom is -0.598 e. The van der Waals surface area contributed by atoms with Crippen molar-refractivity contribution < 1.29 is 27.3 Å². The standard InChI is InChI=1S/C19H27F3N2O3S/c1-18(2,3)28(26)23-16(19(20,21)22)15-10-7-11-24(12-15)17(25)27-13-14-8-5-4-6-9-14/h4-6,8-9,15-16,23H,7,10-13H2,1-3H3/t15?,16-,28+/m0/s1. The van der Waals surface area contributed by atoms with Gasteiger partial charge in [0.25, 0.3) is 0 Å². The molecule has 0 aliphatic carbocycles. The van der Waals surface area contributed by atoms with Crippen molar-refractivity contribution in [2.24, 2.45) is 5.92 Å². The highest BCUT2D eigenvalue weighted by Gasteiger charge is 2.50. The summed E-state index contributed by atoms with van der Waals surface area (Å²) in [7, 11) is 0. The molecule has 3 atom stereocenters. The van der Waals surface area contributed by atoms with Crippen LogP contribution in [0, 0.1) is 5.92 Å². The van der Waals surface area contributed by atoms with Gasteiger partial charge in [0.1, 0.15) is 11.4 Å². The number of nitrogens with zero attached hydrogens (tertiary/aromatic N) is 1. The minimum atomic E-state index is -4.57. The number of likely N-dealkylation sites (tertiary alicyclic amines) is 1. The van der Waals surface area contributed by atoms with Gasteiger partial charge in [-0.25, -0.2) is 4.79 Å². The summed E-state index contributed by atoms with van der Waals surface area (Å²) in [4.78, 5) is 13.6. The van der Waals surface area contributed by atoms with E-state index in [9.17, 15) is 22.5 Å². The van der Waals surface area contributed by atoms with E-state index in [1.165, 1.54) is 4.90 Å². The van der Waals surface area contributed by atoms with Crippen molar-refractivity contribution >= 4 is 17.5 Å². The largest absolute Gasteiger partial charge is 0.598 e. The Morgan fingerprint density at radius 3 is 2.54 bits per heavy atom. The average molecular weight is 420 g/mol. The lowest BCUT2D eigenvalue weighted by Crippen LogP contribution is -2.57. The van der Waals surface area contributed by atoms with Gasteiger partial charge in [-0.2, -0.15) is 13.2 Å². The summed E-state index contributed by atoms with van der Waals surface area (Å²) < 4.78 is 59.8. The lowest BCUT2D eigenvalue weighted by molar-refractivity contribution is -0.166. The zero-order valence-corrected chi connectivity index (χ0v) is 17.1. The summed E-state index contributed by atoms with van der Waals surface area (Å²) in [5.74, 6) is -0.885. The maximum atomic E-state index is 13.6. The number of amides is 1. The Bertz CT molecular complexity index is 638. The molecule has 1 fully saturated rings. The number of benzene rings is 1. The first-order chi connectivity index (χ1) is 13.0. The Morgan fingerprint density at radius 2 is 1.96 bits per heavy atom. The van der Waals surface area contributed by atoms with Crippen molar-refractivity contribution in [1.29, 1.82) is 0 Å². The van der Waals surface area contributed by atoms with Crippen LogP contribution in [-0.2, 0) is 22.7 Å². The lowest BCUT2D eigenvalue weighted by Gasteiger charge is -2.38. The molecule has 28 heavy (non-hydrogen) atoms. The number of rotatable bonds is 5. The predicted molar refractivity (Wildman–Crippen MR) is 102 cm³/mol. The molecule has 2 rings (SSSR count). The summed E-state index contributed by atoms with van der Waals surface area (Å²) >= 11 is -1.87. The highest BCUT2D eigenvalue weighted by atomic mass is 32.2. The zero-order valence-electron chi connectivity index (χ0n) is 16.3. The molecule has 1 aromatic carbocycles. The van der Waals surface area contributed by atoms with E-state index < -0.39 is 40.3 Å². The normalized spacial score (nSPS) is 20.5. The second kappa shape index (κ2) is 9.37. The van der Waals surface area contributed by atoms with Gasteiger partial charge in [0.05, 0.1) is 0 Å². The molecule has 9 heteroatoms.